The summed E-state index contributed by atoms with van der Waals surface area (Å²) >= 11 is 5.95. The highest BCUT2D eigenvalue weighted by atomic mass is 35.5. The number of halogens is 2. The molecule has 2 heterocycles. The number of fused-ring (bicyclic) bond motifs is 1. The molecule has 0 atom stereocenters. The highest BCUT2D eigenvalue weighted by molar-refractivity contribution is 6.31. The van der Waals surface area contributed by atoms with Gasteiger partial charge in [0.25, 0.3) is 0 Å². The Labute approximate surface area is 220 Å². The first-order valence-electron chi connectivity index (χ1n) is 12.6. The lowest BCUT2D eigenvalue weighted by Crippen LogP contribution is -2.52. The number of ether oxygens (including phenoxy) is 2. The Morgan fingerprint density at radius 2 is 1.84 bits per heavy atom. The van der Waals surface area contributed by atoms with Crippen LogP contribution < -0.4 is 14.8 Å². The second-order valence-electron chi connectivity index (χ2n) is 9.56. The average molecular weight is 528 g/mol. The predicted molar refractivity (Wildman–Crippen MR) is 141 cm³/mol. The Morgan fingerprint density at radius 1 is 1.08 bits per heavy atom. The first-order chi connectivity index (χ1) is 17.9. The van der Waals surface area contributed by atoms with Gasteiger partial charge in [-0.25, -0.2) is 14.4 Å². The van der Waals surface area contributed by atoms with Gasteiger partial charge in [0.1, 0.15) is 12.1 Å². The zero-order valence-electron chi connectivity index (χ0n) is 21.0. The van der Waals surface area contributed by atoms with E-state index in [-0.39, 0.29) is 22.7 Å². The van der Waals surface area contributed by atoms with Gasteiger partial charge in [0.15, 0.2) is 17.3 Å². The van der Waals surface area contributed by atoms with Crippen molar-refractivity contribution >= 4 is 39.9 Å². The van der Waals surface area contributed by atoms with Crippen LogP contribution in [0.25, 0.3) is 10.9 Å². The molecule has 1 N–H and O–H groups in total. The van der Waals surface area contributed by atoms with E-state index >= 15 is 0 Å². The van der Waals surface area contributed by atoms with E-state index in [1.54, 1.807) is 26.2 Å². The van der Waals surface area contributed by atoms with Gasteiger partial charge in [-0.1, -0.05) is 17.7 Å². The Kier molecular flexibility index (Phi) is 7.62. The summed E-state index contributed by atoms with van der Waals surface area (Å²) in [5.41, 5.74) is 0.880. The minimum Gasteiger partial charge on any atom is -0.493 e. The standard InChI is InChI=1S/C27H31ClFN5O3/c1-17(35)33-10-12-34(13-11-33)18-6-8-19(9-7-18)37-25-14-20-23(15-24(25)36-2)30-16-31-27(20)32-22-5-3-4-21(28)26(22)29/h3-5,14-16,18-19H,6-13H2,1-2H3,(H,30,31,32)/t18-,19-. The molecule has 0 bridgehead atoms. The zero-order chi connectivity index (χ0) is 25.9. The van der Waals surface area contributed by atoms with Crippen molar-refractivity contribution in [3.8, 4) is 11.5 Å². The number of piperazine rings is 1. The third-order valence-electron chi connectivity index (χ3n) is 7.34. The molecule has 8 nitrogen and oxygen atoms in total. The number of nitrogens with zero attached hydrogens (tertiary/aromatic N) is 4. The topological polar surface area (TPSA) is 79.8 Å². The third-order valence-corrected chi connectivity index (χ3v) is 7.63. The second-order valence-corrected chi connectivity index (χ2v) is 9.97. The molecule has 37 heavy (non-hydrogen) atoms. The number of nitrogens with one attached hydrogen (secondary N) is 1. The fourth-order valence-electron chi connectivity index (χ4n) is 5.25. The maximum Gasteiger partial charge on any atom is 0.219 e. The summed E-state index contributed by atoms with van der Waals surface area (Å²) in [5, 5.41) is 3.76. The molecular formula is C27H31ClFN5O3. The first-order valence-corrected chi connectivity index (χ1v) is 13.0. The predicted octanol–water partition coefficient (Wildman–Crippen LogP) is 5.03. The van der Waals surface area contributed by atoms with Crippen molar-refractivity contribution in [2.75, 3.05) is 38.6 Å². The fourth-order valence-corrected chi connectivity index (χ4v) is 5.43. The Hall–Kier alpha value is -3.17. The van der Waals surface area contributed by atoms with Gasteiger partial charge in [0.2, 0.25) is 5.91 Å². The van der Waals surface area contributed by atoms with Crippen molar-refractivity contribution in [3.63, 3.8) is 0 Å². The Bertz CT molecular complexity index is 1280. The number of amides is 1. The monoisotopic (exact) mass is 527 g/mol. The third kappa shape index (κ3) is 5.57. The highest BCUT2D eigenvalue weighted by Gasteiger charge is 2.30. The van der Waals surface area contributed by atoms with Crippen molar-refractivity contribution in [2.45, 2.75) is 44.8 Å². The lowest BCUT2D eigenvalue weighted by Gasteiger charge is -2.41. The second kappa shape index (κ2) is 11.1. The van der Waals surface area contributed by atoms with E-state index in [0.29, 0.717) is 34.3 Å². The van der Waals surface area contributed by atoms with Crippen molar-refractivity contribution in [3.05, 3.63) is 47.5 Å². The van der Waals surface area contributed by atoms with Crippen molar-refractivity contribution in [1.82, 2.24) is 19.8 Å². The maximum atomic E-state index is 14.5. The number of rotatable bonds is 6. The Balaban J connectivity index is 1.29. The minimum absolute atomic E-state index is 0.0328. The molecule has 0 radical (unpaired) electrons. The normalized spacial score (nSPS) is 20.6. The summed E-state index contributed by atoms with van der Waals surface area (Å²) in [5.74, 6) is 1.27. The fraction of sp³-hybridized carbons (Fsp3) is 0.444. The van der Waals surface area contributed by atoms with E-state index in [1.165, 1.54) is 12.4 Å². The molecular weight excluding hydrogens is 497 g/mol. The molecule has 3 aromatic rings. The summed E-state index contributed by atoms with van der Waals surface area (Å²) < 4.78 is 26.6. The van der Waals surface area contributed by atoms with Gasteiger partial charge in [-0.2, -0.15) is 0 Å². The van der Waals surface area contributed by atoms with Gasteiger partial charge in [-0.05, 0) is 43.9 Å². The summed E-state index contributed by atoms with van der Waals surface area (Å²) in [6.07, 6.45) is 5.44. The number of benzene rings is 2. The van der Waals surface area contributed by atoms with Gasteiger partial charge >= 0.3 is 0 Å². The van der Waals surface area contributed by atoms with Crippen LogP contribution in [0.3, 0.4) is 0 Å². The lowest BCUT2D eigenvalue weighted by molar-refractivity contribution is -0.131. The zero-order valence-corrected chi connectivity index (χ0v) is 21.8. The molecule has 1 saturated heterocycles. The van der Waals surface area contributed by atoms with Gasteiger partial charge in [-0.3, -0.25) is 9.69 Å². The number of aromatic nitrogens is 2. The number of hydrogen-bond donors (Lipinski definition) is 1. The number of hydrogen-bond acceptors (Lipinski definition) is 7. The van der Waals surface area contributed by atoms with Crippen LogP contribution >= 0.6 is 11.6 Å². The smallest absolute Gasteiger partial charge is 0.219 e. The molecule has 0 unspecified atom stereocenters. The summed E-state index contributed by atoms with van der Waals surface area (Å²) in [6.45, 7) is 5.10. The molecule has 1 aliphatic heterocycles. The number of carbonyl (C=O) groups excluding carboxylic acids is 1. The van der Waals surface area contributed by atoms with Crippen LogP contribution in [0.2, 0.25) is 5.02 Å². The Morgan fingerprint density at radius 3 is 2.54 bits per heavy atom. The summed E-state index contributed by atoms with van der Waals surface area (Å²) in [4.78, 5) is 24.7. The maximum absolute atomic E-state index is 14.5. The van der Waals surface area contributed by atoms with Crippen LogP contribution in [0.5, 0.6) is 11.5 Å². The molecule has 196 valence electrons. The molecule has 1 aliphatic carbocycles. The molecule has 5 rings (SSSR count). The van der Waals surface area contributed by atoms with Crippen LogP contribution in [0.1, 0.15) is 32.6 Å². The van der Waals surface area contributed by atoms with Crippen molar-refractivity contribution < 1.29 is 18.7 Å². The molecule has 1 aromatic heterocycles. The molecule has 10 heteroatoms. The van der Waals surface area contributed by atoms with Crippen LogP contribution in [0.15, 0.2) is 36.7 Å². The lowest BCUT2D eigenvalue weighted by atomic mass is 9.91. The molecule has 2 aliphatic rings. The summed E-state index contributed by atoms with van der Waals surface area (Å²) in [7, 11) is 1.60. The quantitative estimate of drug-likeness (QED) is 0.481. The van der Waals surface area contributed by atoms with E-state index in [4.69, 9.17) is 21.1 Å². The minimum atomic E-state index is -0.541. The highest BCUT2D eigenvalue weighted by Crippen LogP contribution is 2.37. The molecule has 1 amide bonds. The number of anilines is 2. The van der Waals surface area contributed by atoms with Crippen molar-refractivity contribution in [1.29, 1.82) is 0 Å². The van der Waals surface area contributed by atoms with E-state index < -0.39 is 5.82 Å². The van der Waals surface area contributed by atoms with Crippen molar-refractivity contribution in [2.24, 2.45) is 0 Å². The van der Waals surface area contributed by atoms with Crippen LogP contribution in [-0.2, 0) is 4.79 Å². The van der Waals surface area contributed by atoms with Gasteiger partial charge in [0, 0.05) is 50.6 Å². The van der Waals surface area contributed by atoms with Crippen LogP contribution in [0.4, 0.5) is 15.9 Å². The average Bonchev–Trinajstić information content (AvgIpc) is 2.91. The number of carbonyl (C=O) groups is 1. The van der Waals surface area contributed by atoms with Crippen LogP contribution in [-0.4, -0.2) is 71.1 Å². The van der Waals surface area contributed by atoms with E-state index in [2.05, 4.69) is 20.2 Å². The number of methoxy groups -OCH3 is 1. The first kappa shape index (κ1) is 25.5. The van der Waals surface area contributed by atoms with Crippen LogP contribution in [0, 0.1) is 5.82 Å². The molecule has 2 aromatic carbocycles. The van der Waals surface area contributed by atoms with Gasteiger partial charge < -0.3 is 19.7 Å². The molecule has 0 spiro atoms. The van der Waals surface area contributed by atoms with E-state index in [0.717, 1.165) is 51.9 Å². The van der Waals surface area contributed by atoms with Gasteiger partial charge in [0.05, 0.1) is 29.4 Å². The molecule has 1 saturated carbocycles. The van der Waals surface area contributed by atoms with E-state index in [1.807, 2.05) is 17.0 Å². The molecule has 2 fully saturated rings. The SMILES string of the molecule is COc1cc2ncnc(Nc3cccc(Cl)c3F)c2cc1O[C@H]1CC[C@H](N2CCN(C(C)=O)CC2)CC1. The van der Waals surface area contributed by atoms with Gasteiger partial charge in [-0.15, -0.1) is 0 Å². The summed E-state index contributed by atoms with van der Waals surface area (Å²) in [6, 6.07) is 8.96. The largest absolute Gasteiger partial charge is 0.493 e. The van der Waals surface area contributed by atoms with E-state index in [9.17, 15) is 9.18 Å².